The van der Waals surface area contributed by atoms with Crippen LogP contribution in [0.3, 0.4) is 0 Å². The monoisotopic (exact) mass is 202 g/mol. The van der Waals surface area contributed by atoms with Crippen molar-refractivity contribution in [2.75, 3.05) is 7.11 Å². The second-order valence-corrected chi connectivity index (χ2v) is 4.53. The molecule has 0 saturated heterocycles. The Morgan fingerprint density at radius 2 is 1.50 bits per heavy atom. The fraction of sp³-hybridized carbons (Fsp3) is 1.00. The molecule has 0 rings (SSSR count). The molecule has 0 bridgehead atoms. The van der Waals surface area contributed by atoms with Gasteiger partial charge in [0.1, 0.15) is 0 Å². The normalized spacial score (nSPS) is 12.0. The van der Waals surface area contributed by atoms with Gasteiger partial charge in [0.05, 0.1) is 12.7 Å². The molecular weight excluding hydrogens is 176 g/mol. The van der Waals surface area contributed by atoms with Crippen LogP contribution in [-0.4, -0.2) is 12.7 Å². The third-order valence-corrected chi connectivity index (χ3v) is 2.44. The van der Waals surface area contributed by atoms with Gasteiger partial charge in [0.2, 0.25) is 0 Å². The van der Waals surface area contributed by atoms with Gasteiger partial charge in [-0.3, -0.25) is 0 Å². The second kappa shape index (κ2) is 8.25. The summed E-state index contributed by atoms with van der Waals surface area (Å²) in [5.74, 6) is 0. The quantitative estimate of drug-likeness (QED) is 0.318. The Bertz CT molecular complexity index is 121. The summed E-state index contributed by atoms with van der Waals surface area (Å²) in [6.07, 6.45) is 9.05. The smallest absolute Gasteiger partial charge is 0.0979 e. The van der Waals surface area contributed by atoms with Crippen molar-refractivity contribution in [2.24, 2.45) is 0 Å². The summed E-state index contributed by atoms with van der Waals surface area (Å²) in [7, 11) is 1.57. The minimum Gasteiger partial charge on any atom is -0.240 e. The van der Waals surface area contributed by atoms with Crippen LogP contribution < -0.4 is 0 Å². The van der Waals surface area contributed by atoms with E-state index in [-0.39, 0.29) is 5.60 Å². The Balaban J connectivity index is 3.26. The van der Waals surface area contributed by atoms with E-state index in [1.165, 1.54) is 38.5 Å². The highest BCUT2D eigenvalue weighted by Gasteiger charge is 2.18. The molecule has 0 aromatic heterocycles. The Labute approximate surface area is 88.9 Å². The molecule has 0 aromatic rings. The lowest BCUT2D eigenvalue weighted by atomic mass is 10.00. The number of rotatable bonds is 9. The maximum absolute atomic E-state index is 5.16. The van der Waals surface area contributed by atoms with E-state index in [4.69, 9.17) is 9.78 Å². The van der Waals surface area contributed by atoms with Crippen molar-refractivity contribution in [3.8, 4) is 0 Å². The molecule has 0 aliphatic carbocycles. The average Bonchev–Trinajstić information content (AvgIpc) is 2.11. The molecule has 0 aromatic carbocycles. The molecule has 0 fully saturated rings. The maximum atomic E-state index is 5.16. The van der Waals surface area contributed by atoms with Crippen LogP contribution in [0.15, 0.2) is 0 Å². The zero-order valence-corrected chi connectivity index (χ0v) is 10.3. The van der Waals surface area contributed by atoms with Gasteiger partial charge in [-0.2, -0.15) is 0 Å². The first-order chi connectivity index (χ1) is 6.62. The first kappa shape index (κ1) is 13.9. The van der Waals surface area contributed by atoms with Gasteiger partial charge >= 0.3 is 0 Å². The molecule has 0 amide bonds. The summed E-state index contributed by atoms with van der Waals surface area (Å²) in [5, 5.41) is 0. The highest BCUT2D eigenvalue weighted by molar-refractivity contribution is 4.66. The zero-order valence-electron chi connectivity index (χ0n) is 10.3. The fourth-order valence-electron chi connectivity index (χ4n) is 1.60. The predicted octanol–water partition coefficient (Wildman–Crippen LogP) is 4.09. The lowest BCUT2D eigenvalue weighted by Crippen LogP contribution is -2.23. The SMILES string of the molecule is CCCCCCCCC(C)(C)OOC. The highest BCUT2D eigenvalue weighted by atomic mass is 17.2. The number of unbranched alkanes of at least 4 members (excludes halogenated alkanes) is 5. The Hall–Kier alpha value is -0.0800. The van der Waals surface area contributed by atoms with Crippen LogP contribution in [0.2, 0.25) is 0 Å². The summed E-state index contributed by atoms with van der Waals surface area (Å²) in [6, 6.07) is 0. The summed E-state index contributed by atoms with van der Waals surface area (Å²) >= 11 is 0. The highest BCUT2D eigenvalue weighted by Crippen LogP contribution is 2.19. The van der Waals surface area contributed by atoms with Crippen molar-refractivity contribution in [2.45, 2.75) is 71.3 Å². The van der Waals surface area contributed by atoms with Crippen molar-refractivity contribution in [1.82, 2.24) is 0 Å². The van der Waals surface area contributed by atoms with Gasteiger partial charge in [-0.25, -0.2) is 9.78 Å². The molecular formula is C12H26O2. The van der Waals surface area contributed by atoms with Crippen LogP contribution in [-0.2, 0) is 9.78 Å². The van der Waals surface area contributed by atoms with E-state index in [2.05, 4.69) is 20.8 Å². The summed E-state index contributed by atoms with van der Waals surface area (Å²) in [6.45, 7) is 6.39. The van der Waals surface area contributed by atoms with Gasteiger partial charge in [0.15, 0.2) is 0 Å². The van der Waals surface area contributed by atoms with E-state index < -0.39 is 0 Å². The van der Waals surface area contributed by atoms with E-state index in [0.29, 0.717) is 0 Å². The zero-order chi connectivity index (χ0) is 10.9. The molecule has 2 nitrogen and oxygen atoms in total. The van der Waals surface area contributed by atoms with E-state index in [0.717, 1.165) is 6.42 Å². The predicted molar refractivity (Wildman–Crippen MR) is 60.2 cm³/mol. The van der Waals surface area contributed by atoms with Crippen molar-refractivity contribution in [3.05, 3.63) is 0 Å². The molecule has 0 aliphatic heterocycles. The topological polar surface area (TPSA) is 18.5 Å². The number of hydrogen-bond donors (Lipinski definition) is 0. The molecule has 0 unspecified atom stereocenters. The van der Waals surface area contributed by atoms with Crippen molar-refractivity contribution in [1.29, 1.82) is 0 Å². The molecule has 2 heteroatoms. The van der Waals surface area contributed by atoms with E-state index in [9.17, 15) is 0 Å². The third-order valence-electron chi connectivity index (χ3n) is 2.44. The molecule has 0 atom stereocenters. The van der Waals surface area contributed by atoms with Gasteiger partial charge in [0, 0.05) is 0 Å². The fourth-order valence-corrected chi connectivity index (χ4v) is 1.60. The minimum atomic E-state index is -0.125. The van der Waals surface area contributed by atoms with Crippen LogP contribution in [0.1, 0.15) is 65.7 Å². The van der Waals surface area contributed by atoms with Gasteiger partial charge in [-0.1, -0.05) is 45.4 Å². The standard InChI is InChI=1S/C12H26O2/c1-5-6-7-8-9-10-11-12(2,3)14-13-4/h5-11H2,1-4H3. The molecule has 0 spiro atoms. The van der Waals surface area contributed by atoms with Gasteiger partial charge in [-0.15, -0.1) is 0 Å². The largest absolute Gasteiger partial charge is 0.240 e. The lowest BCUT2D eigenvalue weighted by molar-refractivity contribution is -0.337. The van der Waals surface area contributed by atoms with Crippen LogP contribution in [0, 0.1) is 0 Å². The summed E-state index contributed by atoms with van der Waals surface area (Å²) in [4.78, 5) is 9.86. The summed E-state index contributed by atoms with van der Waals surface area (Å²) in [5.41, 5.74) is -0.125. The first-order valence-corrected chi connectivity index (χ1v) is 5.84. The summed E-state index contributed by atoms with van der Waals surface area (Å²) < 4.78 is 0. The van der Waals surface area contributed by atoms with Gasteiger partial charge < -0.3 is 0 Å². The molecule has 0 heterocycles. The molecule has 0 radical (unpaired) electrons. The van der Waals surface area contributed by atoms with Crippen molar-refractivity contribution < 1.29 is 9.78 Å². The van der Waals surface area contributed by atoms with E-state index in [1.807, 2.05) is 0 Å². The van der Waals surface area contributed by atoms with E-state index >= 15 is 0 Å². The minimum absolute atomic E-state index is 0.125. The average molecular weight is 202 g/mol. The molecule has 14 heavy (non-hydrogen) atoms. The Morgan fingerprint density at radius 1 is 0.929 bits per heavy atom. The van der Waals surface area contributed by atoms with Crippen LogP contribution in [0.25, 0.3) is 0 Å². The Kier molecular flexibility index (Phi) is 8.20. The van der Waals surface area contributed by atoms with Crippen LogP contribution >= 0.6 is 0 Å². The van der Waals surface area contributed by atoms with Gasteiger partial charge in [0.25, 0.3) is 0 Å². The number of hydrogen-bond acceptors (Lipinski definition) is 2. The molecule has 0 N–H and O–H groups in total. The lowest BCUT2D eigenvalue weighted by Gasteiger charge is -2.22. The molecule has 0 saturated carbocycles. The van der Waals surface area contributed by atoms with Crippen LogP contribution in [0.4, 0.5) is 0 Å². The maximum Gasteiger partial charge on any atom is 0.0979 e. The van der Waals surface area contributed by atoms with Crippen LogP contribution in [0.5, 0.6) is 0 Å². The van der Waals surface area contributed by atoms with E-state index in [1.54, 1.807) is 7.11 Å². The van der Waals surface area contributed by atoms with Gasteiger partial charge in [-0.05, 0) is 20.3 Å². The Morgan fingerprint density at radius 3 is 2.07 bits per heavy atom. The molecule has 86 valence electrons. The first-order valence-electron chi connectivity index (χ1n) is 5.84. The third kappa shape index (κ3) is 8.52. The van der Waals surface area contributed by atoms with Crippen molar-refractivity contribution >= 4 is 0 Å². The second-order valence-electron chi connectivity index (χ2n) is 4.53. The van der Waals surface area contributed by atoms with Crippen molar-refractivity contribution in [3.63, 3.8) is 0 Å². The molecule has 0 aliphatic rings.